The Kier molecular flexibility index (Phi) is 4.74. The highest BCUT2D eigenvalue weighted by atomic mass is 16.5. The zero-order valence-corrected chi connectivity index (χ0v) is 12.6. The molecule has 0 saturated heterocycles. The second-order valence-electron chi connectivity index (χ2n) is 5.17. The number of rotatable bonds is 5. The van der Waals surface area contributed by atoms with Gasteiger partial charge in [-0.25, -0.2) is 0 Å². The van der Waals surface area contributed by atoms with Crippen LogP contribution in [-0.2, 0) is 0 Å². The van der Waals surface area contributed by atoms with Gasteiger partial charge < -0.3 is 10.1 Å². The number of benzene rings is 1. The van der Waals surface area contributed by atoms with Crippen molar-refractivity contribution in [1.82, 2.24) is 10.3 Å². The first-order valence-corrected chi connectivity index (χ1v) is 7.00. The van der Waals surface area contributed by atoms with Crippen molar-refractivity contribution in [1.29, 1.82) is 0 Å². The normalized spacial score (nSPS) is 12.4. The van der Waals surface area contributed by atoms with Gasteiger partial charge in [0.2, 0.25) is 0 Å². The molecule has 1 heterocycles. The molecule has 1 unspecified atom stereocenters. The molecule has 0 spiro atoms. The molecule has 0 amide bonds. The maximum absolute atomic E-state index is 5.72. The third kappa shape index (κ3) is 3.36. The van der Waals surface area contributed by atoms with E-state index in [2.05, 4.69) is 41.5 Å². The van der Waals surface area contributed by atoms with Crippen LogP contribution in [0, 0.1) is 0 Å². The number of nitrogens with one attached hydrogen (secondary N) is 1. The van der Waals surface area contributed by atoms with Crippen LogP contribution in [0.5, 0.6) is 5.75 Å². The maximum Gasteiger partial charge on any atom is 0.138 e. The average Bonchev–Trinajstić information content (AvgIpc) is 2.46. The Hall–Kier alpha value is -1.87. The third-order valence-electron chi connectivity index (χ3n) is 3.26. The van der Waals surface area contributed by atoms with Gasteiger partial charge >= 0.3 is 0 Å². The van der Waals surface area contributed by atoms with E-state index in [1.807, 2.05) is 33.2 Å². The number of ether oxygens (including phenoxy) is 1. The first-order valence-electron chi connectivity index (χ1n) is 7.00. The van der Waals surface area contributed by atoms with Crippen molar-refractivity contribution in [3.05, 3.63) is 48.3 Å². The van der Waals surface area contributed by atoms with E-state index in [4.69, 9.17) is 4.74 Å². The van der Waals surface area contributed by atoms with Crippen molar-refractivity contribution in [2.24, 2.45) is 0 Å². The molecule has 1 atom stereocenters. The van der Waals surface area contributed by atoms with Crippen molar-refractivity contribution in [3.63, 3.8) is 0 Å². The Labute approximate surface area is 121 Å². The largest absolute Gasteiger partial charge is 0.489 e. The van der Waals surface area contributed by atoms with E-state index in [0.29, 0.717) is 6.04 Å². The van der Waals surface area contributed by atoms with Crippen LogP contribution >= 0.6 is 0 Å². The smallest absolute Gasteiger partial charge is 0.138 e. The first-order chi connectivity index (χ1) is 9.61. The SMILES string of the molecule is CNC(C)c1ccccc1-c1cncc(OC(C)C)c1. The lowest BCUT2D eigenvalue weighted by Gasteiger charge is -2.16. The summed E-state index contributed by atoms with van der Waals surface area (Å²) in [6, 6.07) is 10.7. The Bertz CT molecular complexity index is 566. The highest BCUT2D eigenvalue weighted by molar-refractivity contribution is 5.68. The van der Waals surface area contributed by atoms with Crippen LogP contribution in [-0.4, -0.2) is 18.1 Å². The number of hydrogen-bond donors (Lipinski definition) is 1. The molecule has 106 valence electrons. The van der Waals surface area contributed by atoms with Gasteiger partial charge in [-0.3, -0.25) is 4.98 Å². The van der Waals surface area contributed by atoms with Crippen LogP contribution in [0.4, 0.5) is 0 Å². The number of pyridine rings is 1. The summed E-state index contributed by atoms with van der Waals surface area (Å²) in [5.41, 5.74) is 3.54. The number of aromatic nitrogens is 1. The summed E-state index contributed by atoms with van der Waals surface area (Å²) in [5, 5.41) is 3.29. The Morgan fingerprint density at radius 1 is 1.10 bits per heavy atom. The van der Waals surface area contributed by atoms with Crippen LogP contribution in [0.3, 0.4) is 0 Å². The minimum atomic E-state index is 0.151. The summed E-state index contributed by atoms with van der Waals surface area (Å²) in [5.74, 6) is 0.810. The standard InChI is InChI=1S/C17H22N2O/c1-12(2)20-15-9-14(10-19-11-15)17-8-6-5-7-16(17)13(3)18-4/h5-13,18H,1-4H3. The molecule has 1 N–H and O–H groups in total. The van der Waals surface area contributed by atoms with Crippen LogP contribution in [0.15, 0.2) is 42.7 Å². The van der Waals surface area contributed by atoms with Gasteiger partial charge in [0.25, 0.3) is 0 Å². The number of nitrogens with zero attached hydrogens (tertiary/aromatic N) is 1. The summed E-state index contributed by atoms with van der Waals surface area (Å²) < 4.78 is 5.72. The fraction of sp³-hybridized carbons (Fsp3) is 0.353. The fourth-order valence-corrected chi connectivity index (χ4v) is 2.20. The van der Waals surface area contributed by atoms with Crippen LogP contribution in [0.25, 0.3) is 11.1 Å². The minimum absolute atomic E-state index is 0.151. The maximum atomic E-state index is 5.72. The Morgan fingerprint density at radius 2 is 1.85 bits per heavy atom. The molecule has 2 aromatic rings. The van der Waals surface area contributed by atoms with Gasteiger partial charge in [0.1, 0.15) is 5.75 Å². The lowest BCUT2D eigenvalue weighted by Crippen LogP contribution is -2.13. The molecule has 0 saturated carbocycles. The van der Waals surface area contributed by atoms with Crippen molar-refractivity contribution in [2.75, 3.05) is 7.05 Å². The van der Waals surface area contributed by atoms with Crippen LogP contribution in [0.1, 0.15) is 32.4 Å². The summed E-state index contributed by atoms with van der Waals surface area (Å²) in [4.78, 5) is 4.29. The van der Waals surface area contributed by atoms with E-state index in [-0.39, 0.29) is 6.10 Å². The lowest BCUT2D eigenvalue weighted by atomic mass is 9.96. The van der Waals surface area contributed by atoms with Crippen LogP contribution < -0.4 is 10.1 Å². The van der Waals surface area contributed by atoms with E-state index in [9.17, 15) is 0 Å². The van der Waals surface area contributed by atoms with Gasteiger partial charge in [0.05, 0.1) is 12.3 Å². The van der Waals surface area contributed by atoms with Gasteiger partial charge in [0, 0.05) is 17.8 Å². The monoisotopic (exact) mass is 270 g/mol. The van der Waals surface area contributed by atoms with Crippen molar-refractivity contribution in [2.45, 2.75) is 32.9 Å². The lowest BCUT2D eigenvalue weighted by molar-refractivity contribution is 0.241. The van der Waals surface area contributed by atoms with Crippen molar-refractivity contribution < 1.29 is 4.74 Å². The quantitative estimate of drug-likeness (QED) is 0.897. The third-order valence-corrected chi connectivity index (χ3v) is 3.26. The molecule has 0 aliphatic carbocycles. The zero-order valence-electron chi connectivity index (χ0n) is 12.6. The highest BCUT2D eigenvalue weighted by Crippen LogP contribution is 2.29. The molecule has 3 heteroatoms. The summed E-state index contributed by atoms with van der Waals surface area (Å²) in [7, 11) is 1.97. The summed E-state index contributed by atoms with van der Waals surface area (Å²) in [6.45, 7) is 6.19. The Balaban J connectivity index is 2.41. The second-order valence-corrected chi connectivity index (χ2v) is 5.17. The molecule has 2 rings (SSSR count). The average molecular weight is 270 g/mol. The first kappa shape index (κ1) is 14.5. The predicted octanol–water partition coefficient (Wildman–Crippen LogP) is 3.82. The van der Waals surface area contributed by atoms with Gasteiger partial charge in [0.15, 0.2) is 0 Å². The topological polar surface area (TPSA) is 34.2 Å². The van der Waals surface area contributed by atoms with E-state index < -0.39 is 0 Å². The van der Waals surface area contributed by atoms with Crippen molar-refractivity contribution >= 4 is 0 Å². The van der Waals surface area contributed by atoms with E-state index in [1.165, 1.54) is 11.1 Å². The highest BCUT2D eigenvalue weighted by Gasteiger charge is 2.11. The molecule has 1 aromatic heterocycles. The van der Waals surface area contributed by atoms with Gasteiger partial charge in [-0.1, -0.05) is 24.3 Å². The molecule has 0 aliphatic heterocycles. The van der Waals surface area contributed by atoms with E-state index in [1.54, 1.807) is 6.20 Å². The zero-order chi connectivity index (χ0) is 14.5. The van der Waals surface area contributed by atoms with Gasteiger partial charge in [-0.2, -0.15) is 0 Å². The fourth-order valence-electron chi connectivity index (χ4n) is 2.20. The molecule has 20 heavy (non-hydrogen) atoms. The van der Waals surface area contributed by atoms with E-state index in [0.717, 1.165) is 11.3 Å². The predicted molar refractivity (Wildman–Crippen MR) is 82.9 cm³/mol. The molecule has 0 bridgehead atoms. The molecule has 1 aromatic carbocycles. The molecule has 0 radical (unpaired) electrons. The molecule has 3 nitrogen and oxygen atoms in total. The summed E-state index contributed by atoms with van der Waals surface area (Å²) >= 11 is 0. The minimum Gasteiger partial charge on any atom is -0.489 e. The number of hydrogen-bond acceptors (Lipinski definition) is 3. The Morgan fingerprint density at radius 3 is 2.55 bits per heavy atom. The molecular weight excluding hydrogens is 248 g/mol. The summed E-state index contributed by atoms with van der Waals surface area (Å²) in [6.07, 6.45) is 3.79. The van der Waals surface area contributed by atoms with Crippen molar-refractivity contribution in [3.8, 4) is 16.9 Å². The second kappa shape index (κ2) is 6.53. The molecule has 0 fully saturated rings. The van der Waals surface area contributed by atoms with E-state index >= 15 is 0 Å². The molecule has 0 aliphatic rings. The molecular formula is C17H22N2O. The van der Waals surface area contributed by atoms with Crippen LogP contribution in [0.2, 0.25) is 0 Å². The van der Waals surface area contributed by atoms with Gasteiger partial charge in [-0.05, 0) is 45.0 Å². The van der Waals surface area contributed by atoms with Gasteiger partial charge in [-0.15, -0.1) is 0 Å².